The quantitative estimate of drug-likeness (QED) is 0.364. The molecule has 0 saturated carbocycles. The van der Waals surface area contributed by atoms with Gasteiger partial charge in [0.25, 0.3) is 0 Å². The van der Waals surface area contributed by atoms with Crippen LogP contribution in [-0.4, -0.2) is 38.0 Å². The van der Waals surface area contributed by atoms with Gasteiger partial charge in [0.15, 0.2) is 0 Å². The van der Waals surface area contributed by atoms with E-state index in [-0.39, 0.29) is 24.8 Å². The van der Waals surface area contributed by atoms with Crippen molar-refractivity contribution in [1.29, 1.82) is 0 Å². The molecule has 2 atom stereocenters. The maximum Gasteiger partial charge on any atom is 0.333 e. The molecule has 1 heterocycles. The van der Waals surface area contributed by atoms with Crippen LogP contribution in [-0.2, 0) is 19.0 Å². The second kappa shape index (κ2) is 5.88. The summed E-state index contributed by atoms with van der Waals surface area (Å²) in [6.45, 7) is 8.78. The number of carbonyl (C=O) groups excluding carboxylic acids is 1. The number of esters is 1. The summed E-state index contributed by atoms with van der Waals surface area (Å²) >= 11 is 0. The Morgan fingerprint density at radius 2 is 2.33 bits per heavy atom. The minimum absolute atomic E-state index is 0.0440. The van der Waals surface area contributed by atoms with Gasteiger partial charge in [0, 0.05) is 5.57 Å². The van der Waals surface area contributed by atoms with Gasteiger partial charge in [-0.1, -0.05) is 13.5 Å². The van der Waals surface area contributed by atoms with Crippen LogP contribution in [0.15, 0.2) is 12.2 Å². The Bertz CT molecular complexity index is 233. The van der Waals surface area contributed by atoms with E-state index >= 15 is 0 Å². The van der Waals surface area contributed by atoms with Crippen molar-refractivity contribution in [3.63, 3.8) is 0 Å². The van der Waals surface area contributed by atoms with E-state index in [1.165, 1.54) is 0 Å². The predicted molar refractivity (Wildman–Crippen MR) is 55.5 cm³/mol. The Hall–Kier alpha value is -0.870. The van der Waals surface area contributed by atoms with Crippen molar-refractivity contribution in [1.82, 2.24) is 0 Å². The van der Waals surface area contributed by atoms with E-state index < -0.39 is 0 Å². The molecule has 15 heavy (non-hydrogen) atoms. The fourth-order valence-corrected chi connectivity index (χ4v) is 0.983. The van der Waals surface area contributed by atoms with Gasteiger partial charge in [-0.15, -0.1) is 0 Å². The van der Waals surface area contributed by atoms with Gasteiger partial charge in [-0.3, -0.25) is 0 Å². The van der Waals surface area contributed by atoms with E-state index in [1.54, 1.807) is 6.92 Å². The van der Waals surface area contributed by atoms with Crippen molar-refractivity contribution in [2.45, 2.75) is 32.5 Å². The zero-order chi connectivity index (χ0) is 11.3. The maximum absolute atomic E-state index is 11.1. The predicted octanol–water partition coefficient (Wildman–Crippen LogP) is 1.30. The third kappa shape index (κ3) is 4.95. The molecule has 0 aromatic heterocycles. The molecule has 4 nitrogen and oxygen atoms in total. The number of epoxide rings is 1. The Morgan fingerprint density at radius 3 is 2.80 bits per heavy atom. The Morgan fingerprint density at radius 1 is 1.67 bits per heavy atom. The SMILES string of the molecule is C=C(C)C(=O)OCC(CC)OCC1CO1. The standard InChI is InChI=1S/C11H18O4/c1-4-9(13-6-10-7-14-10)5-15-11(12)8(2)3/h9-10H,2,4-7H2,1,3H3. The number of hydrogen-bond acceptors (Lipinski definition) is 4. The molecule has 0 N–H and O–H groups in total. The lowest BCUT2D eigenvalue weighted by Crippen LogP contribution is -2.23. The second-order valence-electron chi connectivity index (χ2n) is 3.70. The van der Waals surface area contributed by atoms with E-state index in [0.717, 1.165) is 13.0 Å². The first-order valence-corrected chi connectivity index (χ1v) is 5.19. The van der Waals surface area contributed by atoms with Gasteiger partial charge in [0.05, 0.1) is 19.3 Å². The van der Waals surface area contributed by atoms with Crippen LogP contribution in [0.3, 0.4) is 0 Å². The summed E-state index contributed by atoms with van der Waals surface area (Å²) in [6, 6.07) is 0. The molecule has 1 aliphatic heterocycles. The highest BCUT2D eigenvalue weighted by Crippen LogP contribution is 2.11. The first-order valence-electron chi connectivity index (χ1n) is 5.19. The van der Waals surface area contributed by atoms with Crippen LogP contribution < -0.4 is 0 Å². The molecule has 0 amide bonds. The molecule has 86 valence electrons. The van der Waals surface area contributed by atoms with Crippen LogP contribution in [0.5, 0.6) is 0 Å². The number of carbonyl (C=O) groups is 1. The average molecular weight is 214 g/mol. The molecule has 0 radical (unpaired) electrons. The third-order valence-electron chi connectivity index (χ3n) is 2.12. The van der Waals surface area contributed by atoms with Crippen molar-refractivity contribution in [3.8, 4) is 0 Å². The topological polar surface area (TPSA) is 48.1 Å². The van der Waals surface area contributed by atoms with Crippen LogP contribution in [0.4, 0.5) is 0 Å². The number of rotatable bonds is 7. The molecule has 0 spiro atoms. The lowest BCUT2D eigenvalue weighted by atomic mass is 10.3. The molecular weight excluding hydrogens is 196 g/mol. The summed E-state index contributed by atoms with van der Waals surface area (Å²) in [5.41, 5.74) is 0.412. The van der Waals surface area contributed by atoms with Gasteiger partial charge in [-0.25, -0.2) is 4.79 Å². The van der Waals surface area contributed by atoms with Crippen molar-refractivity contribution in [2.24, 2.45) is 0 Å². The van der Waals surface area contributed by atoms with Crippen molar-refractivity contribution < 1.29 is 19.0 Å². The Balaban J connectivity index is 2.14. The van der Waals surface area contributed by atoms with Gasteiger partial charge in [0.1, 0.15) is 12.7 Å². The van der Waals surface area contributed by atoms with Gasteiger partial charge in [-0.2, -0.15) is 0 Å². The normalized spacial score (nSPS) is 20.8. The van der Waals surface area contributed by atoms with Crippen LogP contribution in [0, 0.1) is 0 Å². The third-order valence-corrected chi connectivity index (χ3v) is 2.12. The van der Waals surface area contributed by atoms with E-state index in [2.05, 4.69) is 6.58 Å². The Kier molecular flexibility index (Phi) is 4.78. The number of ether oxygens (including phenoxy) is 3. The van der Waals surface area contributed by atoms with Crippen LogP contribution in [0.25, 0.3) is 0 Å². The highest BCUT2D eigenvalue weighted by Gasteiger charge is 2.24. The summed E-state index contributed by atoms with van der Waals surface area (Å²) in [4.78, 5) is 11.1. The smallest absolute Gasteiger partial charge is 0.333 e. The van der Waals surface area contributed by atoms with E-state index in [0.29, 0.717) is 12.2 Å². The molecule has 0 aromatic rings. The number of hydrogen-bond donors (Lipinski definition) is 0. The zero-order valence-corrected chi connectivity index (χ0v) is 9.32. The van der Waals surface area contributed by atoms with Gasteiger partial charge < -0.3 is 14.2 Å². The molecule has 0 aliphatic carbocycles. The molecule has 1 aliphatic rings. The molecule has 1 rings (SSSR count). The molecular formula is C11H18O4. The van der Waals surface area contributed by atoms with E-state index in [9.17, 15) is 4.79 Å². The lowest BCUT2D eigenvalue weighted by molar-refractivity contribution is -0.143. The molecule has 4 heteroatoms. The summed E-state index contributed by atoms with van der Waals surface area (Å²) in [7, 11) is 0. The average Bonchev–Trinajstić information content (AvgIpc) is 3.01. The van der Waals surface area contributed by atoms with Crippen molar-refractivity contribution >= 4 is 5.97 Å². The van der Waals surface area contributed by atoms with E-state index in [1.807, 2.05) is 6.92 Å². The van der Waals surface area contributed by atoms with Gasteiger partial charge >= 0.3 is 5.97 Å². The second-order valence-corrected chi connectivity index (χ2v) is 3.70. The monoisotopic (exact) mass is 214 g/mol. The first kappa shape index (κ1) is 12.2. The van der Waals surface area contributed by atoms with Crippen molar-refractivity contribution in [3.05, 3.63) is 12.2 Å². The van der Waals surface area contributed by atoms with Crippen LogP contribution >= 0.6 is 0 Å². The molecule has 2 unspecified atom stereocenters. The van der Waals surface area contributed by atoms with Crippen molar-refractivity contribution in [2.75, 3.05) is 19.8 Å². The van der Waals surface area contributed by atoms with Gasteiger partial charge in [0.2, 0.25) is 0 Å². The highest BCUT2D eigenvalue weighted by molar-refractivity contribution is 5.86. The zero-order valence-electron chi connectivity index (χ0n) is 9.32. The molecule has 1 saturated heterocycles. The first-order chi connectivity index (χ1) is 7.13. The van der Waals surface area contributed by atoms with Crippen LogP contribution in [0.2, 0.25) is 0 Å². The molecule has 0 bridgehead atoms. The largest absolute Gasteiger partial charge is 0.460 e. The van der Waals surface area contributed by atoms with E-state index in [4.69, 9.17) is 14.2 Å². The summed E-state index contributed by atoms with van der Waals surface area (Å²) in [5, 5.41) is 0. The Labute approximate surface area is 90.2 Å². The maximum atomic E-state index is 11.1. The lowest BCUT2D eigenvalue weighted by Gasteiger charge is -2.15. The summed E-state index contributed by atoms with van der Waals surface area (Å²) < 4.78 is 15.5. The summed E-state index contributed by atoms with van der Waals surface area (Å²) in [5.74, 6) is -0.361. The molecule has 0 aromatic carbocycles. The van der Waals surface area contributed by atoms with Gasteiger partial charge in [-0.05, 0) is 13.3 Å². The fourth-order valence-electron chi connectivity index (χ4n) is 0.983. The molecule has 1 fully saturated rings. The minimum Gasteiger partial charge on any atom is -0.460 e. The minimum atomic E-state index is -0.361. The highest BCUT2D eigenvalue weighted by atomic mass is 16.6. The fraction of sp³-hybridized carbons (Fsp3) is 0.727. The summed E-state index contributed by atoms with van der Waals surface area (Å²) in [6.07, 6.45) is 1.02. The van der Waals surface area contributed by atoms with Crippen LogP contribution in [0.1, 0.15) is 20.3 Å².